The standard InChI is InChI=1S/C12H15F3N2O/c1-7(2)5-11(18)17-10-4-3-8(16)6-9(10)12(13,14)15/h3-4,6-7H,5,16H2,1-2H3,(H,17,18). The van der Waals surface area contributed by atoms with Gasteiger partial charge in [0.05, 0.1) is 11.3 Å². The molecule has 0 radical (unpaired) electrons. The van der Waals surface area contributed by atoms with Crippen molar-refractivity contribution in [1.82, 2.24) is 0 Å². The van der Waals surface area contributed by atoms with E-state index in [1.807, 2.05) is 13.8 Å². The van der Waals surface area contributed by atoms with Gasteiger partial charge in [0.1, 0.15) is 0 Å². The summed E-state index contributed by atoms with van der Waals surface area (Å²) in [7, 11) is 0. The van der Waals surface area contributed by atoms with Gasteiger partial charge in [-0.15, -0.1) is 0 Å². The second kappa shape index (κ2) is 5.29. The van der Waals surface area contributed by atoms with Gasteiger partial charge in [0, 0.05) is 12.1 Å². The van der Waals surface area contributed by atoms with Gasteiger partial charge < -0.3 is 11.1 Å². The lowest BCUT2D eigenvalue weighted by Crippen LogP contribution is -2.18. The first kappa shape index (κ1) is 14.3. The van der Waals surface area contributed by atoms with Gasteiger partial charge in [-0.2, -0.15) is 13.2 Å². The number of nitrogens with two attached hydrogens (primary N) is 1. The molecular formula is C12H15F3N2O. The molecule has 1 rings (SSSR count). The van der Waals surface area contributed by atoms with Crippen LogP contribution in [0.1, 0.15) is 25.8 Å². The smallest absolute Gasteiger partial charge is 0.399 e. The summed E-state index contributed by atoms with van der Waals surface area (Å²) < 4.78 is 38.2. The van der Waals surface area contributed by atoms with E-state index in [1.165, 1.54) is 6.07 Å². The van der Waals surface area contributed by atoms with Gasteiger partial charge in [0.25, 0.3) is 0 Å². The molecule has 100 valence electrons. The molecule has 0 aliphatic rings. The molecule has 0 saturated carbocycles. The molecule has 0 saturated heterocycles. The molecule has 1 amide bonds. The highest BCUT2D eigenvalue weighted by atomic mass is 19.4. The average molecular weight is 260 g/mol. The molecule has 0 spiro atoms. The lowest BCUT2D eigenvalue weighted by molar-refractivity contribution is -0.136. The lowest BCUT2D eigenvalue weighted by Gasteiger charge is -2.15. The first-order chi connectivity index (χ1) is 8.20. The van der Waals surface area contributed by atoms with Crippen molar-refractivity contribution < 1.29 is 18.0 Å². The van der Waals surface area contributed by atoms with Gasteiger partial charge in [0.2, 0.25) is 5.91 Å². The monoisotopic (exact) mass is 260 g/mol. The van der Waals surface area contributed by atoms with E-state index in [0.717, 1.165) is 12.1 Å². The Morgan fingerprint density at radius 3 is 2.50 bits per heavy atom. The Bertz CT molecular complexity index is 441. The normalized spacial score (nSPS) is 11.7. The summed E-state index contributed by atoms with van der Waals surface area (Å²) in [6.07, 6.45) is -4.38. The van der Waals surface area contributed by atoms with Crippen molar-refractivity contribution in [3.8, 4) is 0 Å². The van der Waals surface area contributed by atoms with Crippen LogP contribution in [0.25, 0.3) is 0 Å². The molecule has 0 aliphatic heterocycles. The fraction of sp³-hybridized carbons (Fsp3) is 0.417. The predicted octanol–water partition coefficient (Wildman–Crippen LogP) is 3.27. The molecule has 3 nitrogen and oxygen atoms in total. The van der Waals surface area contributed by atoms with Crippen molar-refractivity contribution in [1.29, 1.82) is 0 Å². The minimum absolute atomic E-state index is 0.00387. The predicted molar refractivity (Wildman–Crippen MR) is 63.9 cm³/mol. The van der Waals surface area contributed by atoms with Crippen molar-refractivity contribution in [3.63, 3.8) is 0 Å². The molecule has 0 fully saturated rings. The zero-order valence-electron chi connectivity index (χ0n) is 10.1. The fourth-order valence-electron chi connectivity index (χ4n) is 1.48. The van der Waals surface area contributed by atoms with Gasteiger partial charge in [-0.3, -0.25) is 4.79 Å². The third kappa shape index (κ3) is 3.94. The zero-order valence-corrected chi connectivity index (χ0v) is 10.1. The van der Waals surface area contributed by atoms with E-state index >= 15 is 0 Å². The van der Waals surface area contributed by atoms with Gasteiger partial charge in [0.15, 0.2) is 0 Å². The maximum atomic E-state index is 12.7. The van der Waals surface area contributed by atoms with E-state index in [2.05, 4.69) is 5.32 Å². The van der Waals surface area contributed by atoms with E-state index < -0.39 is 17.6 Å². The van der Waals surface area contributed by atoms with E-state index in [0.29, 0.717) is 0 Å². The van der Waals surface area contributed by atoms with Crippen molar-refractivity contribution in [3.05, 3.63) is 23.8 Å². The highest BCUT2D eigenvalue weighted by Crippen LogP contribution is 2.36. The van der Waals surface area contributed by atoms with E-state index in [-0.39, 0.29) is 23.7 Å². The van der Waals surface area contributed by atoms with Crippen molar-refractivity contribution in [2.24, 2.45) is 5.92 Å². The van der Waals surface area contributed by atoms with Crippen LogP contribution in [-0.4, -0.2) is 5.91 Å². The Balaban J connectivity index is 2.99. The van der Waals surface area contributed by atoms with Crippen LogP contribution in [0.2, 0.25) is 0 Å². The molecule has 0 unspecified atom stereocenters. The molecule has 0 aliphatic carbocycles. The highest BCUT2D eigenvalue weighted by Gasteiger charge is 2.34. The van der Waals surface area contributed by atoms with E-state index in [9.17, 15) is 18.0 Å². The van der Waals surface area contributed by atoms with Gasteiger partial charge in [-0.1, -0.05) is 13.8 Å². The zero-order chi connectivity index (χ0) is 13.9. The number of nitrogens with one attached hydrogen (secondary N) is 1. The fourth-order valence-corrected chi connectivity index (χ4v) is 1.48. The number of carbonyl (C=O) groups excluding carboxylic acids is 1. The van der Waals surface area contributed by atoms with Crippen molar-refractivity contribution in [2.75, 3.05) is 11.1 Å². The molecule has 0 bridgehead atoms. The number of hydrogen-bond donors (Lipinski definition) is 2. The number of anilines is 2. The summed E-state index contributed by atoms with van der Waals surface area (Å²) in [5.74, 6) is -0.367. The van der Waals surface area contributed by atoms with Gasteiger partial charge in [-0.05, 0) is 24.1 Å². The number of rotatable bonds is 3. The van der Waals surface area contributed by atoms with Crippen LogP contribution >= 0.6 is 0 Å². The van der Waals surface area contributed by atoms with Gasteiger partial charge in [-0.25, -0.2) is 0 Å². The molecule has 0 atom stereocenters. The summed E-state index contributed by atoms with van der Waals surface area (Å²) >= 11 is 0. The molecule has 1 aromatic carbocycles. The largest absolute Gasteiger partial charge is 0.418 e. The van der Waals surface area contributed by atoms with Crippen LogP contribution in [-0.2, 0) is 11.0 Å². The number of amides is 1. The maximum absolute atomic E-state index is 12.7. The van der Waals surface area contributed by atoms with Crippen molar-refractivity contribution >= 4 is 17.3 Å². The Kier molecular flexibility index (Phi) is 4.21. The Morgan fingerprint density at radius 1 is 1.39 bits per heavy atom. The molecular weight excluding hydrogens is 245 g/mol. The number of benzene rings is 1. The Labute approximate surface area is 103 Å². The van der Waals surface area contributed by atoms with Crippen LogP contribution in [0.15, 0.2) is 18.2 Å². The highest BCUT2D eigenvalue weighted by molar-refractivity contribution is 5.92. The molecule has 18 heavy (non-hydrogen) atoms. The van der Waals surface area contributed by atoms with Gasteiger partial charge >= 0.3 is 6.18 Å². The SMILES string of the molecule is CC(C)CC(=O)Nc1ccc(N)cc1C(F)(F)F. The van der Waals surface area contributed by atoms with E-state index in [4.69, 9.17) is 5.73 Å². The molecule has 1 aromatic rings. The minimum Gasteiger partial charge on any atom is -0.399 e. The van der Waals surface area contributed by atoms with Crippen LogP contribution in [0.3, 0.4) is 0 Å². The summed E-state index contributed by atoms with van der Waals surface area (Å²) in [5, 5.41) is 2.26. The van der Waals surface area contributed by atoms with Crippen LogP contribution in [0, 0.1) is 5.92 Å². The lowest BCUT2D eigenvalue weighted by atomic mass is 10.1. The average Bonchev–Trinajstić information content (AvgIpc) is 2.17. The third-order valence-electron chi connectivity index (χ3n) is 2.22. The number of nitrogen functional groups attached to an aromatic ring is 1. The Morgan fingerprint density at radius 2 is 2.00 bits per heavy atom. The number of alkyl halides is 3. The Hall–Kier alpha value is -1.72. The van der Waals surface area contributed by atoms with E-state index in [1.54, 1.807) is 0 Å². The minimum atomic E-state index is -4.55. The van der Waals surface area contributed by atoms with Crippen LogP contribution in [0.5, 0.6) is 0 Å². The summed E-state index contributed by atoms with van der Waals surface area (Å²) in [4.78, 5) is 11.5. The summed E-state index contributed by atoms with van der Waals surface area (Å²) in [6.45, 7) is 3.63. The quantitative estimate of drug-likeness (QED) is 0.819. The molecule has 0 aromatic heterocycles. The third-order valence-corrected chi connectivity index (χ3v) is 2.22. The molecule has 3 N–H and O–H groups in total. The second-order valence-corrected chi connectivity index (χ2v) is 4.45. The second-order valence-electron chi connectivity index (χ2n) is 4.45. The van der Waals surface area contributed by atoms with Crippen LogP contribution < -0.4 is 11.1 Å². The van der Waals surface area contributed by atoms with Crippen molar-refractivity contribution in [2.45, 2.75) is 26.4 Å². The summed E-state index contributed by atoms with van der Waals surface area (Å²) in [5.41, 5.74) is 4.13. The first-order valence-corrected chi connectivity index (χ1v) is 5.46. The molecule has 6 heteroatoms. The summed E-state index contributed by atoms with van der Waals surface area (Å²) in [6, 6.07) is 3.29. The molecule has 0 heterocycles. The van der Waals surface area contributed by atoms with Crippen LogP contribution in [0.4, 0.5) is 24.5 Å². The maximum Gasteiger partial charge on any atom is 0.418 e. The topological polar surface area (TPSA) is 55.1 Å². The number of halogens is 3. The first-order valence-electron chi connectivity index (χ1n) is 5.46. The number of carbonyl (C=O) groups is 1. The number of hydrogen-bond acceptors (Lipinski definition) is 2.